The van der Waals surface area contributed by atoms with Crippen LogP contribution in [0.15, 0.2) is 85.4 Å². The fraction of sp³-hybridized carbons (Fsp3) is 0.400. The van der Waals surface area contributed by atoms with Crippen LogP contribution in [0.25, 0.3) is 0 Å². The van der Waals surface area contributed by atoms with Crippen molar-refractivity contribution in [1.82, 2.24) is 0 Å². The zero-order chi connectivity index (χ0) is 21.7. The Bertz CT molecular complexity index is 960. The van der Waals surface area contributed by atoms with E-state index >= 15 is 0 Å². The monoisotopic (exact) mass is 424 g/mol. The van der Waals surface area contributed by atoms with Gasteiger partial charge in [0.15, 0.2) is 0 Å². The lowest BCUT2D eigenvalue weighted by Gasteiger charge is -2.25. The van der Waals surface area contributed by atoms with Gasteiger partial charge in [-0.15, -0.1) is 0 Å². The van der Waals surface area contributed by atoms with Gasteiger partial charge in [-0.3, -0.25) is 0 Å². The highest BCUT2D eigenvalue weighted by Crippen LogP contribution is 2.53. The molecule has 0 saturated heterocycles. The number of fused-ring (bicyclic) bond motifs is 4. The molecule has 0 spiro atoms. The molecule has 0 heterocycles. The Morgan fingerprint density at radius 2 is 0.938 bits per heavy atom. The number of allylic oxidation sites excluding steroid dienone is 4. The summed E-state index contributed by atoms with van der Waals surface area (Å²) in [5.41, 5.74) is 2.87. The molecule has 1 unspecified atom stereocenters. The number of ether oxygens (including phenoxy) is 2. The first-order valence-corrected chi connectivity index (χ1v) is 12.2. The van der Waals surface area contributed by atoms with Crippen LogP contribution in [0.1, 0.15) is 49.7 Å². The highest BCUT2D eigenvalue weighted by Gasteiger charge is 2.43. The van der Waals surface area contributed by atoms with E-state index in [9.17, 15) is 0 Å². The van der Waals surface area contributed by atoms with Gasteiger partial charge in [-0.1, -0.05) is 62.4 Å². The summed E-state index contributed by atoms with van der Waals surface area (Å²) in [6.07, 6.45) is 15.6. The molecule has 2 aromatic rings. The van der Waals surface area contributed by atoms with Crippen LogP contribution in [0, 0.1) is 35.5 Å². The van der Waals surface area contributed by atoms with Crippen LogP contribution >= 0.6 is 0 Å². The van der Waals surface area contributed by atoms with Gasteiger partial charge in [0.05, 0.1) is 0 Å². The Morgan fingerprint density at radius 3 is 1.28 bits per heavy atom. The minimum absolute atomic E-state index is 0.652. The Morgan fingerprint density at radius 1 is 0.562 bits per heavy atom. The summed E-state index contributed by atoms with van der Waals surface area (Å²) in [6, 6.07) is 17.2. The molecule has 164 valence electrons. The molecule has 0 amide bonds. The number of rotatable bonds is 6. The van der Waals surface area contributed by atoms with Crippen molar-refractivity contribution in [2.45, 2.75) is 38.5 Å². The van der Waals surface area contributed by atoms with Gasteiger partial charge >= 0.3 is 0 Å². The molecular formula is C30H32O2. The van der Waals surface area contributed by atoms with Gasteiger partial charge < -0.3 is 9.47 Å². The third-order valence-electron chi connectivity index (χ3n) is 8.70. The van der Waals surface area contributed by atoms with Crippen LogP contribution in [0.3, 0.4) is 0 Å². The van der Waals surface area contributed by atoms with Crippen molar-refractivity contribution in [3.05, 3.63) is 96.5 Å². The highest BCUT2D eigenvalue weighted by atomic mass is 16.5. The lowest BCUT2D eigenvalue weighted by atomic mass is 9.80. The summed E-state index contributed by atoms with van der Waals surface area (Å²) in [4.78, 5) is 0. The molecule has 4 aliphatic rings. The average molecular weight is 425 g/mol. The second kappa shape index (κ2) is 7.99. The van der Waals surface area contributed by atoms with Crippen molar-refractivity contribution in [3.8, 4) is 11.5 Å². The highest BCUT2D eigenvalue weighted by molar-refractivity contribution is 5.35. The zero-order valence-corrected chi connectivity index (χ0v) is 18.9. The minimum atomic E-state index is 0.652. The molecule has 2 heteroatoms. The van der Waals surface area contributed by atoms with Gasteiger partial charge in [0.1, 0.15) is 24.0 Å². The molecule has 0 aromatic heterocycles. The Kier molecular flexibility index (Phi) is 4.97. The maximum absolute atomic E-state index is 5.76. The molecule has 4 bridgehead atoms. The zero-order valence-electron chi connectivity index (χ0n) is 18.9. The third-order valence-corrected chi connectivity index (χ3v) is 8.70. The van der Waals surface area contributed by atoms with E-state index < -0.39 is 0 Å². The summed E-state index contributed by atoms with van der Waals surface area (Å²) in [6.45, 7) is 4.79. The topological polar surface area (TPSA) is 18.5 Å². The van der Waals surface area contributed by atoms with Crippen molar-refractivity contribution in [1.29, 1.82) is 0 Å². The van der Waals surface area contributed by atoms with E-state index in [0.29, 0.717) is 23.7 Å². The van der Waals surface area contributed by atoms with E-state index in [2.05, 4.69) is 86.7 Å². The third kappa shape index (κ3) is 3.41. The lowest BCUT2D eigenvalue weighted by molar-refractivity contribution is 0.417. The van der Waals surface area contributed by atoms with E-state index in [4.69, 9.17) is 9.47 Å². The summed E-state index contributed by atoms with van der Waals surface area (Å²) in [5.74, 6) is 7.42. The summed E-state index contributed by atoms with van der Waals surface area (Å²) in [7, 11) is 0. The molecule has 8 atom stereocenters. The van der Waals surface area contributed by atoms with Gasteiger partial charge in [-0.05, 0) is 95.6 Å². The van der Waals surface area contributed by atoms with Crippen LogP contribution in [0.5, 0.6) is 11.5 Å². The van der Waals surface area contributed by atoms with E-state index in [1.54, 1.807) is 12.5 Å². The molecule has 4 aliphatic carbocycles. The number of benzene rings is 2. The minimum Gasteiger partial charge on any atom is -0.462 e. The van der Waals surface area contributed by atoms with Crippen LogP contribution < -0.4 is 9.47 Å². The van der Waals surface area contributed by atoms with E-state index in [1.807, 2.05) is 0 Å². The van der Waals surface area contributed by atoms with Crippen molar-refractivity contribution in [2.24, 2.45) is 35.5 Å². The van der Waals surface area contributed by atoms with E-state index in [0.717, 1.165) is 35.2 Å². The van der Waals surface area contributed by atoms with Crippen LogP contribution in [0.4, 0.5) is 0 Å². The number of hydrogen-bond acceptors (Lipinski definition) is 2. The standard InChI is InChI=1S/C30H32O2/c1-19-23-3-5-25(17-23)29(19)21-7-11-27(12-8-21)31-15-16-32-28-13-9-22(10-14-28)30-20(2)24-4-6-26(30)18-24/h3-16,19-20,23-26,29-30H,17-18H2,1-2H3/b16-15-/t19-,20+,23+,24-,25-,26+,29-,30?/m0/s1. The largest absolute Gasteiger partial charge is 0.462 e. The van der Waals surface area contributed by atoms with Crippen molar-refractivity contribution in [3.63, 3.8) is 0 Å². The lowest BCUT2D eigenvalue weighted by Crippen LogP contribution is -2.14. The maximum Gasteiger partial charge on any atom is 0.126 e. The molecule has 2 nitrogen and oxygen atoms in total. The SMILES string of the molecule is C[C@@H]1[C@@H](c2ccc(O/C=C\Oc3ccc(C4[C@@H]5C=C[C@@H](C5)[C@H]4C)cc3)cc2)[C@H]2C=C[C@@H]1C2. The van der Waals surface area contributed by atoms with Gasteiger partial charge in [-0.25, -0.2) is 0 Å². The first-order valence-electron chi connectivity index (χ1n) is 12.2. The quantitative estimate of drug-likeness (QED) is 0.354. The van der Waals surface area contributed by atoms with E-state index in [1.165, 1.54) is 24.0 Å². The molecular weight excluding hydrogens is 392 g/mol. The second-order valence-corrected chi connectivity index (χ2v) is 10.3. The van der Waals surface area contributed by atoms with Gasteiger partial charge in [0.2, 0.25) is 0 Å². The second-order valence-electron chi connectivity index (χ2n) is 10.3. The van der Waals surface area contributed by atoms with Crippen molar-refractivity contribution in [2.75, 3.05) is 0 Å². The molecule has 0 aliphatic heterocycles. The molecule has 2 aromatic carbocycles. The van der Waals surface area contributed by atoms with Crippen LogP contribution in [0.2, 0.25) is 0 Å². The van der Waals surface area contributed by atoms with Gasteiger partial charge in [0.25, 0.3) is 0 Å². The van der Waals surface area contributed by atoms with Crippen LogP contribution in [-0.2, 0) is 0 Å². The number of hydrogen-bond donors (Lipinski definition) is 0. The summed E-state index contributed by atoms with van der Waals surface area (Å²) >= 11 is 0. The van der Waals surface area contributed by atoms with Crippen LogP contribution in [-0.4, -0.2) is 0 Å². The predicted octanol–water partition coefficient (Wildman–Crippen LogP) is 7.47. The molecule has 32 heavy (non-hydrogen) atoms. The van der Waals surface area contributed by atoms with Gasteiger partial charge in [0, 0.05) is 0 Å². The molecule has 2 fully saturated rings. The summed E-state index contributed by atoms with van der Waals surface area (Å²) in [5, 5.41) is 0. The Hall–Kier alpha value is -2.74. The van der Waals surface area contributed by atoms with Gasteiger partial charge in [-0.2, -0.15) is 0 Å². The molecule has 6 rings (SSSR count). The average Bonchev–Trinajstić information content (AvgIpc) is 3.59. The molecule has 0 N–H and O–H groups in total. The Balaban J connectivity index is 1.03. The first kappa shape index (κ1) is 19.9. The fourth-order valence-electron chi connectivity index (χ4n) is 6.99. The first-order chi connectivity index (χ1) is 15.7. The smallest absolute Gasteiger partial charge is 0.126 e. The molecule has 0 radical (unpaired) electrons. The predicted molar refractivity (Wildman–Crippen MR) is 129 cm³/mol. The maximum atomic E-state index is 5.76. The summed E-state index contributed by atoms with van der Waals surface area (Å²) < 4.78 is 11.5. The normalized spacial score (nSPS) is 36.4. The molecule has 2 saturated carbocycles. The van der Waals surface area contributed by atoms with Crippen molar-refractivity contribution >= 4 is 0 Å². The van der Waals surface area contributed by atoms with E-state index in [-0.39, 0.29) is 0 Å². The fourth-order valence-corrected chi connectivity index (χ4v) is 6.99. The Labute approximate surface area is 191 Å². The van der Waals surface area contributed by atoms with Crippen molar-refractivity contribution < 1.29 is 9.47 Å².